The number of phenolic OH excluding ortho intramolecular Hbond substituents is 1. The van der Waals surface area contributed by atoms with Crippen molar-refractivity contribution in [2.24, 2.45) is 0 Å². The average molecular weight is 232 g/mol. The Morgan fingerprint density at radius 3 is 2.59 bits per heavy atom. The third-order valence-electron chi connectivity index (χ3n) is 3.08. The van der Waals surface area contributed by atoms with Crippen LogP contribution in [0, 0.1) is 0 Å². The molecule has 0 radical (unpaired) electrons. The van der Waals surface area contributed by atoms with Crippen LogP contribution in [0.4, 0.5) is 0 Å². The van der Waals surface area contributed by atoms with Crippen LogP contribution < -0.4 is 0 Å². The van der Waals surface area contributed by atoms with Gasteiger partial charge in [-0.05, 0) is 48.6 Å². The number of phenols is 1. The number of aromatic hydroxyl groups is 1. The van der Waals surface area contributed by atoms with Crippen LogP contribution in [-0.2, 0) is 11.2 Å². The first-order valence-corrected chi connectivity index (χ1v) is 5.84. The van der Waals surface area contributed by atoms with Crippen LogP contribution in [0.5, 0.6) is 5.75 Å². The molecule has 1 aromatic rings. The summed E-state index contributed by atoms with van der Waals surface area (Å²) in [5.74, 6) is 0.358. The van der Waals surface area contributed by atoms with E-state index in [1.165, 1.54) is 0 Å². The summed E-state index contributed by atoms with van der Waals surface area (Å²) in [6.45, 7) is 0. The van der Waals surface area contributed by atoms with Gasteiger partial charge in [-0.3, -0.25) is 4.79 Å². The number of carbonyl (C=O) groups is 1. The zero-order chi connectivity index (χ0) is 12.3. The Labute approximate surface area is 100 Å². The largest absolute Gasteiger partial charge is 0.508 e. The molecule has 0 spiro atoms. The molecule has 0 heterocycles. The van der Waals surface area contributed by atoms with E-state index in [1.807, 2.05) is 12.1 Å². The fourth-order valence-electron chi connectivity index (χ4n) is 2.03. The second kappa shape index (κ2) is 5.15. The molecule has 1 unspecified atom stereocenters. The maximum absolute atomic E-state index is 11.3. The molecular weight excluding hydrogens is 216 g/mol. The van der Waals surface area contributed by atoms with Gasteiger partial charge in [-0.25, -0.2) is 0 Å². The van der Waals surface area contributed by atoms with Gasteiger partial charge in [-0.2, -0.15) is 0 Å². The van der Waals surface area contributed by atoms with E-state index in [0.717, 1.165) is 17.6 Å². The van der Waals surface area contributed by atoms with E-state index in [4.69, 9.17) is 5.11 Å². The second-order valence-electron chi connectivity index (χ2n) is 4.41. The highest BCUT2D eigenvalue weighted by molar-refractivity contribution is 5.91. The lowest BCUT2D eigenvalue weighted by Gasteiger charge is -2.18. The third-order valence-corrected chi connectivity index (χ3v) is 3.08. The predicted octanol–water partition coefficient (Wildman–Crippen LogP) is 1.97. The molecule has 17 heavy (non-hydrogen) atoms. The number of carbonyl (C=O) groups excluding carboxylic acids is 1. The number of aryl methyl sites for hydroxylation is 1. The number of aliphatic hydroxyl groups is 1. The molecular formula is C14H16O3. The van der Waals surface area contributed by atoms with E-state index in [0.29, 0.717) is 19.3 Å². The first-order valence-electron chi connectivity index (χ1n) is 5.84. The summed E-state index contributed by atoms with van der Waals surface area (Å²) in [5.41, 5.74) is 1.92. The van der Waals surface area contributed by atoms with Crippen molar-refractivity contribution >= 4 is 5.78 Å². The standard InChI is InChI=1S/C14H16O3/c15-12-5-2-10(3-6-12)1-4-11-9-13(16)7-8-14(11)17/h2-3,5-6,9,14-15,17H,1,4,7-8H2. The quantitative estimate of drug-likeness (QED) is 0.837. The number of hydrogen-bond donors (Lipinski definition) is 2. The Morgan fingerprint density at radius 1 is 1.18 bits per heavy atom. The van der Waals surface area contributed by atoms with E-state index in [9.17, 15) is 9.90 Å². The van der Waals surface area contributed by atoms with E-state index < -0.39 is 6.10 Å². The molecule has 0 amide bonds. The highest BCUT2D eigenvalue weighted by atomic mass is 16.3. The van der Waals surface area contributed by atoms with E-state index in [1.54, 1.807) is 18.2 Å². The summed E-state index contributed by atoms with van der Waals surface area (Å²) in [6.07, 6.45) is 3.57. The molecule has 90 valence electrons. The second-order valence-corrected chi connectivity index (χ2v) is 4.41. The van der Waals surface area contributed by atoms with Crippen LogP contribution in [0.2, 0.25) is 0 Å². The number of aliphatic hydroxyl groups excluding tert-OH is 1. The predicted molar refractivity (Wildman–Crippen MR) is 64.8 cm³/mol. The molecule has 0 saturated carbocycles. The molecule has 0 aliphatic heterocycles. The number of allylic oxidation sites excluding steroid dienone is 1. The molecule has 1 aromatic carbocycles. The van der Waals surface area contributed by atoms with E-state index >= 15 is 0 Å². The number of benzene rings is 1. The van der Waals surface area contributed by atoms with Gasteiger partial charge in [0.15, 0.2) is 5.78 Å². The fraction of sp³-hybridized carbons (Fsp3) is 0.357. The Hall–Kier alpha value is -1.61. The summed E-state index contributed by atoms with van der Waals surface area (Å²) in [5, 5.41) is 18.9. The summed E-state index contributed by atoms with van der Waals surface area (Å²) in [7, 11) is 0. The molecule has 0 fully saturated rings. The summed E-state index contributed by atoms with van der Waals surface area (Å²) >= 11 is 0. The first-order chi connectivity index (χ1) is 8.15. The minimum absolute atomic E-state index is 0.107. The molecule has 0 aromatic heterocycles. The lowest BCUT2D eigenvalue weighted by molar-refractivity contribution is -0.115. The number of hydrogen-bond acceptors (Lipinski definition) is 3. The van der Waals surface area contributed by atoms with Gasteiger partial charge >= 0.3 is 0 Å². The Bertz CT molecular complexity index is 431. The van der Waals surface area contributed by atoms with Crippen molar-refractivity contribution in [3.8, 4) is 5.75 Å². The van der Waals surface area contributed by atoms with E-state index in [-0.39, 0.29) is 11.5 Å². The third kappa shape index (κ3) is 3.17. The van der Waals surface area contributed by atoms with Gasteiger partial charge in [0.05, 0.1) is 6.10 Å². The molecule has 0 bridgehead atoms. The van der Waals surface area contributed by atoms with Crippen LogP contribution in [0.15, 0.2) is 35.9 Å². The number of rotatable bonds is 3. The van der Waals surface area contributed by atoms with E-state index in [2.05, 4.69) is 0 Å². The summed E-state index contributed by atoms with van der Waals surface area (Å²) < 4.78 is 0. The van der Waals surface area contributed by atoms with Crippen molar-refractivity contribution in [2.75, 3.05) is 0 Å². The van der Waals surface area contributed by atoms with Crippen molar-refractivity contribution in [1.29, 1.82) is 0 Å². The van der Waals surface area contributed by atoms with Crippen LogP contribution in [0.3, 0.4) is 0 Å². The molecule has 3 nitrogen and oxygen atoms in total. The topological polar surface area (TPSA) is 57.5 Å². The first kappa shape index (κ1) is 11.9. The minimum Gasteiger partial charge on any atom is -0.508 e. The average Bonchev–Trinajstić information content (AvgIpc) is 2.32. The molecule has 1 aliphatic carbocycles. The zero-order valence-electron chi connectivity index (χ0n) is 9.60. The van der Waals surface area contributed by atoms with Crippen molar-refractivity contribution < 1.29 is 15.0 Å². The van der Waals surface area contributed by atoms with Gasteiger partial charge in [-0.15, -0.1) is 0 Å². The van der Waals surface area contributed by atoms with Crippen molar-refractivity contribution in [3.63, 3.8) is 0 Å². The maximum Gasteiger partial charge on any atom is 0.155 e. The Morgan fingerprint density at radius 2 is 1.88 bits per heavy atom. The normalized spacial score (nSPS) is 20.2. The molecule has 1 atom stereocenters. The van der Waals surface area contributed by atoms with Crippen LogP contribution >= 0.6 is 0 Å². The van der Waals surface area contributed by atoms with Crippen LogP contribution in [0.1, 0.15) is 24.8 Å². The molecule has 1 aliphatic rings. The summed E-state index contributed by atoms with van der Waals surface area (Å²) in [4.78, 5) is 11.3. The lowest BCUT2D eigenvalue weighted by atomic mass is 9.91. The summed E-state index contributed by atoms with van der Waals surface area (Å²) in [6, 6.07) is 7.00. The maximum atomic E-state index is 11.3. The van der Waals surface area contributed by atoms with Gasteiger partial charge < -0.3 is 10.2 Å². The highest BCUT2D eigenvalue weighted by Crippen LogP contribution is 2.21. The van der Waals surface area contributed by atoms with Gasteiger partial charge in [0, 0.05) is 6.42 Å². The van der Waals surface area contributed by atoms with Crippen LogP contribution in [-0.4, -0.2) is 22.1 Å². The molecule has 0 saturated heterocycles. The van der Waals surface area contributed by atoms with Crippen LogP contribution in [0.25, 0.3) is 0 Å². The smallest absolute Gasteiger partial charge is 0.155 e. The van der Waals surface area contributed by atoms with Gasteiger partial charge in [0.25, 0.3) is 0 Å². The molecule has 2 rings (SSSR count). The van der Waals surface area contributed by atoms with Crippen molar-refractivity contribution in [2.45, 2.75) is 31.8 Å². The van der Waals surface area contributed by atoms with Crippen molar-refractivity contribution in [1.82, 2.24) is 0 Å². The van der Waals surface area contributed by atoms with Gasteiger partial charge in [0.1, 0.15) is 5.75 Å². The SMILES string of the molecule is O=C1C=C(CCc2ccc(O)cc2)C(O)CC1. The molecule has 3 heteroatoms. The highest BCUT2D eigenvalue weighted by Gasteiger charge is 2.18. The Balaban J connectivity index is 1.97. The minimum atomic E-state index is -0.468. The Kier molecular flexibility index (Phi) is 3.59. The zero-order valence-corrected chi connectivity index (χ0v) is 9.60. The fourth-order valence-corrected chi connectivity index (χ4v) is 2.03. The van der Waals surface area contributed by atoms with Gasteiger partial charge in [-0.1, -0.05) is 12.1 Å². The monoisotopic (exact) mass is 232 g/mol. The van der Waals surface area contributed by atoms with Crippen molar-refractivity contribution in [3.05, 3.63) is 41.5 Å². The molecule has 2 N–H and O–H groups in total. The number of ketones is 1. The lowest BCUT2D eigenvalue weighted by Crippen LogP contribution is -2.19. The van der Waals surface area contributed by atoms with Gasteiger partial charge in [0.2, 0.25) is 0 Å².